The van der Waals surface area contributed by atoms with Crippen LogP contribution < -0.4 is 24.4 Å². The Balaban J connectivity index is 1.31. The number of ether oxygens (including phenoxy) is 3. The Morgan fingerprint density at radius 3 is 2.58 bits per heavy atom. The summed E-state index contributed by atoms with van der Waals surface area (Å²) in [6.45, 7) is 4.34. The summed E-state index contributed by atoms with van der Waals surface area (Å²) in [5.74, 6) is 0.990. The number of nitro benzene ring substituents is 1. The van der Waals surface area contributed by atoms with Gasteiger partial charge in [0.05, 0.1) is 33.4 Å². The van der Waals surface area contributed by atoms with Crippen molar-refractivity contribution in [2.75, 3.05) is 13.4 Å². The second-order valence-corrected chi connectivity index (χ2v) is 14.6. The molecule has 13 nitrogen and oxygen atoms in total. The van der Waals surface area contributed by atoms with Crippen molar-refractivity contribution in [3.63, 3.8) is 0 Å². The van der Waals surface area contributed by atoms with Gasteiger partial charge in [-0.25, -0.2) is 9.79 Å². The van der Waals surface area contributed by atoms with Gasteiger partial charge in [0.1, 0.15) is 0 Å². The standard InChI is InChI=1S/C39H29ClN6O7S2/c1-3-44-35(24-11-8-12-26(40)17-24)42-43-39(44)54-30-16-14-27(46(49)50)18-25(30)20-31-36(47)45-34(23-13-15-28-29(19-23)53-21-52-28)32(37(48)51-4-2)33(41-38(45)55-31)22-9-6-5-7-10-22/h5-20,34H,3-4,21H2,1-2H3/b31-20+/t34-/m1/s1. The lowest BCUT2D eigenvalue weighted by Crippen LogP contribution is -2.40. The predicted octanol–water partition coefficient (Wildman–Crippen LogP) is 6.66. The molecule has 0 radical (unpaired) electrons. The van der Waals surface area contributed by atoms with Crippen molar-refractivity contribution >= 4 is 58.1 Å². The molecule has 1 atom stereocenters. The van der Waals surface area contributed by atoms with E-state index in [-0.39, 0.29) is 29.2 Å². The first-order valence-corrected chi connectivity index (χ1v) is 19.1. The number of hydrogen-bond acceptors (Lipinski definition) is 12. The highest BCUT2D eigenvalue weighted by atomic mass is 35.5. The van der Waals surface area contributed by atoms with Gasteiger partial charge in [0, 0.05) is 39.7 Å². The molecule has 0 fully saturated rings. The van der Waals surface area contributed by atoms with Gasteiger partial charge in [-0.2, -0.15) is 0 Å². The van der Waals surface area contributed by atoms with E-state index in [1.807, 2.05) is 54.0 Å². The number of halogens is 1. The number of aromatic nitrogens is 4. The molecular formula is C39H29ClN6O7S2. The summed E-state index contributed by atoms with van der Waals surface area (Å²) < 4.78 is 20.4. The average Bonchev–Trinajstić information content (AvgIpc) is 3.91. The highest BCUT2D eigenvalue weighted by Gasteiger charge is 2.36. The molecule has 55 heavy (non-hydrogen) atoms. The summed E-state index contributed by atoms with van der Waals surface area (Å²) in [5, 5.41) is 22.0. The van der Waals surface area contributed by atoms with Gasteiger partial charge in [0.15, 0.2) is 27.3 Å². The lowest BCUT2D eigenvalue weighted by Gasteiger charge is -2.26. The molecule has 2 aliphatic heterocycles. The van der Waals surface area contributed by atoms with Crippen LogP contribution in [0.2, 0.25) is 5.02 Å². The van der Waals surface area contributed by atoms with Crippen LogP contribution >= 0.6 is 34.7 Å². The molecule has 0 saturated carbocycles. The minimum absolute atomic E-state index is 0.0391. The third-order valence-corrected chi connectivity index (χ3v) is 11.2. The van der Waals surface area contributed by atoms with Gasteiger partial charge in [0.25, 0.3) is 11.2 Å². The van der Waals surface area contributed by atoms with Crippen molar-refractivity contribution in [3.8, 4) is 22.9 Å². The van der Waals surface area contributed by atoms with Crippen molar-refractivity contribution in [1.29, 1.82) is 0 Å². The van der Waals surface area contributed by atoms with Crippen molar-refractivity contribution < 1.29 is 23.9 Å². The van der Waals surface area contributed by atoms with Gasteiger partial charge in [0.2, 0.25) is 6.79 Å². The van der Waals surface area contributed by atoms with Crippen LogP contribution in [-0.2, 0) is 16.1 Å². The highest BCUT2D eigenvalue weighted by molar-refractivity contribution is 7.99. The third-order valence-electron chi connectivity index (χ3n) is 8.89. The number of rotatable bonds is 10. The van der Waals surface area contributed by atoms with Gasteiger partial charge in [-0.3, -0.25) is 19.5 Å². The molecule has 8 rings (SSSR count). The topological polar surface area (TPSA) is 153 Å². The van der Waals surface area contributed by atoms with Crippen LogP contribution in [0.1, 0.15) is 36.6 Å². The van der Waals surface area contributed by atoms with Crippen LogP contribution in [0.3, 0.4) is 0 Å². The van der Waals surface area contributed by atoms with Crippen LogP contribution in [0.4, 0.5) is 5.69 Å². The molecule has 0 unspecified atom stereocenters. The molecule has 0 aliphatic carbocycles. The third kappa shape index (κ3) is 6.81. The second-order valence-electron chi connectivity index (χ2n) is 12.2. The quantitative estimate of drug-likeness (QED) is 0.0837. The first-order valence-electron chi connectivity index (χ1n) is 17.1. The molecule has 4 aromatic carbocycles. The fourth-order valence-corrected chi connectivity index (χ4v) is 8.58. The van der Waals surface area contributed by atoms with Crippen LogP contribution in [0.15, 0.2) is 116 Å². The average molecular weight is 793 g/mol. The summed E-state index contributed by atoms with van der Waals surface area (Å²) >= 11 is 8.64. The Labute approximate surface area is 326 Å². The normalized spacial score (nSPS) is 14.8. The summed E-state index contributed by atoms with van der Waals surface area (Å²) in [4.78, 5) is 45.9. The zero-order valence-corrected chi connectivity index (χ0v) is 31.6. The zero-order chi connectivity index (χ0) is 38.2. The van der Waals surface area contributed by atoms with Crippen molar-refractivity contribution in [3.05, 3.63) is 148 Å². The maximum atomic E-state index is 14.7. The lowest BCUT2D eigenvalue weighted by molar-refractivity contribution is -0.384. The molecule has 16 heteroatoms. The highest BCUT2D eigenvalue weighted by Crippen LogP contribution is 2.40. The number of thiazole rings is 1. The van der Waals surface area contributed by atoms with E-state index >= 15 is 0 Å². The minimum atomic E-state index is -0.964. The molecule has 276 valence electrons. The van der Waals surface area contributed by atoms with E-state index in [1.54, 1.807) is 49.4 Å². The number of fused-ring (bicyclic) bond motifs is 2. The Morgan fingerprint density at radius 1 is 1.02 bits per heavy atom. The van der Waals surface area contributed by atoms with Crippen molar-refractivity contribution in [2.45, 2.75) is 36.5 Å². The Hall–Kier alpha value is -6.03. The predicted molar refractivity (Wildman–Crippen MR) is 207 cm³/mol. The number of non-ortho nitro benzene ring substituents is 1. The number of nitro groups is 1. The van der Waals surface area contributed by atoms with E-state index in [0.29, 0.717) is 66.1 Å². The number of carbonyl (C=O) groups is 1. The number of benzene rings is 4. The number of carbonyl (C=O) groups excluding carboxylic acids is 1. The Kier molecular flexibility index (Phi) is 9.82. The van der Waals surface area contributed by atoms with Crippen LogP contribution in [-0.4, -0.2) is 43.6 Å². The largest absolute Gasteiger partial charge is 0.463 e. The molecule has 4 heterocycles. The van der Waals surface area contributed by atoms with E-state index < -0.39 is 22.5 Å². The molecule has 2 aromatic heterocycles. The lowest BCUT2D eigenvalue weighted by atomic mass is 9.93. The molecule has 6 aromatic rings. The molecule has 0 bridgehead atoms. The summed E-state index contributed by atoms with van der Waals surface area (Å²) in [6, 6.07) is 25.2. The Bertz CT molecular complexity index is 2730. The van der Waals surface area contributed by atoms with Gasteiger partial charge in [-0.05, 0) is 73.1 Å². The molecule has 0 saturated heterocycles. The minimum Gasteiger partial charge on any atom is -0.463 e. The maximum absolute atomic E-state index is 14.7. The van der Waals surface area contributed by atoms with Gasteiger partial charge >= 0.3 is 5.97 Å². The van der Waals surface area contributed by atoms with Crippen molar-refractivity contribution in [2.24, 2.45) is 4.99 Å². The Morgan fingerprint density at radius 2 is 1.82 bits per heavy atom. The molecule has 0 spiro atoms. The van der Waals surface area contributed by atoms with Gasteiger partial charge in [-0.15, -0.1) is 10.2 Å². The maximum Gasteiger partial charge on any atom is 0.338 e. The van der Waals surface area contributed by atoms with Crippen LogP contribution in [0.25, 0.3) is 23.2 Å². The summed E-state index contributed by atoms with van der Waals surface area (Å²) in [7, 11) is 0. The van der Waals surface area contributed by atoms with Crippen molar-refractivity contribution in [1.82, 2.24) is 19.3 Å². The SMILES string of the molecule is CCOC(=O)C1=C(c2ccccc2)N=c2s/c(=C/c3cc([N+](=O)[O-])ccc3Sc3nnc(-c4cccc(Cl)c4)n3CC)c(=O)n2[C@@H]1c1ccc2c(c1)OCO2. The fourth-order valence-electron chi connectivity index (χ4n) is 6.42. The van der Waals surface area contributed by atoms with Gasteiger partial charge in [-0.1, -0.05) is 71.5 Å². The van der Waals surface area contributed by atoms with E-state index in [4.69, 9.17) is 30.8 Å². The zero-order valence-electron chi connectivity index (χ0n) is 29.2. The first-order chi connectivity index (χ1) is 26.7. The van der Waals surface area contributed by atoms with E-state index in [0.717, 1.165) is 16.9 Å². The number of hydrogen-bond donors (Lipinski definition) is 0. The number of esters is 1. The first kappa shape index (κ1) is 36.0. The smallest absolute Gasteiger partial charge is 0.338 e. The monoisotopic (exact) mass is 792 g/mol. The molecule has 2 aliphatic rings. The van der Waals surface area contributed by atoms with E-state index in [1.165, 1.54) is 28.5 Å². The molecule has 0 amide bonds. The van der Waals surface area contributed by atoms with E-state index in [2.05, 4.69) is 10.2 Å². The summed E-state index contributed by atoms with van der Waals surface area (Å²) in [5.41, 5.74) is 2.34. The molecule has 0 N–H and O–H groups in total. The van der Waals surface area contributed by atoms with E-state index in [9.17, 15) is 19.7 Å². The van der Waals surface area contributed by atoms with Gasteiger partial charge < -0.3 is 18.8 Å². The fraction of sp³-hybridized carbons (Fsp3) is 0.154. The van der Waals surface area contributed by atoms with Crippen LogP contribution in [0.5, 0.6) is 11.5 Å². The summed E-state index contributed by atoms with van der Waals surface area (Å²) in [6.07, 6.45) is 1.61. The second kappa shape index (κ2) is 15.0. The van der Waals surface area contributed by atoms with Crippen LogP contribution in [0, 0.1) is 10.1 Å². The number of nitrogens with zero attached hydrogens (tertiary/aromatic N) is 6. The molecular weight excluding hydrogens is 764 g/mol.